The summed E-state index contributed by atoms with van der Waals surface area (Å²) in [5, 5.41) is 33.7. The van der Waals surface area contributed by atoms with Crippen LogP contribution >= 0.6 is 0 Å². The number of carbonyl (C=O) groups is 1. The van der Waals surface area contributed by atoms with Gasteiger partial charge in [0.2, 0.25) is 5.91 Å². The standard InChI is InChI=1S/C54H105NO4/c1-3-5-7-9-11-13-15-17-19-21-23-24-25-26-27-28-29-30-31-33-35-37-39-41-43-45-47-49-53(58)55-51(50-56)54(59)52(57)48-46-44-42-40-38-36-34-32-22-20-18-16-14-12-10-8-6-4-2/h26-27,40,42,51-52,54,56-57,59H,3-25,28-39,41,43-50H2,1-2H3,(H,55,58)/b27-26-,42-40+. The van der Waals surface area contributed by atoms with Crippen LogP contribution in [-0.2, 0) is 4.79 Å². The highest BCUT2D eigenvalue weighted by atomic mass is 16.3. The van der Waals surface area contributed by atoms with Crippen LogP contribution in [0.25, 0.3) is 0 Å². The van der Waals surface area contributed by atoms with Gasteiger partial charge in [0.15, 0.2) is 0 Å². The van der Waals surface area contributed by atoms with Crippen molar-refractivity contribution >= 4 is 5.91 Å². The second-order valence-electron chi connectivity index (χ2n) is 18.4. The monoisotopic (exact) mass is 832 g/mol. The predicted molar refractivity (Wildman–Crippen MR) is 259 cm³/mol. The molecule has 3 unspecified atom stereocenters. The van der Waals surface area contributed by atoms with Crippen LogP contribution < -0.4 is 5.32 Å². The molecule has 0 aromatic carbocycles. The number of amides is 1. The van der Waals surface area contributed by atoms with Crippen molar-refractivity contribution in [1.82, 2.24) is 5.32 Å². The Balaban J connectivity index is 3.56. The molecule has 0 heterocycles. The van der Waals surface area contributed by atoms with E-state index in [0.29, 0.717) is 12.8 Å². The van der Waals surface area contributed by atoms with Gasteiger partial charge in [0.05, 0.1) is 18.8 Å². The van der Waals surface area contributed by atoms with Gasteiger partial charge in [-0.25, -0.2) is 0 Å². The molecular weight excluding hydrogens is 727 g/mol. The first-order valence-electron chi connectivity index (χ1n) is 26.6. The fraction of sp³-hybridized carbons (Fsp3) is 0.907. The van der Waals surface area contributed by atoms with E-state index in [9.17, 15) is 20.1 Å². The number of allylic oxidation sites excluding steroid dienone is 4. The van der Waals surface area contributed by atoms with Crippen LogP contribution in [0, 0.1) is 0 Å². The van der Waals surface area contributed by atoms with Gasteiger partial charge < -0.3 is 20.6 Å². The Bertz CT molecular complexity index is 874. The summed E-state index contributed by atoms with van der Waals surface area (Å²) in [4.78, 5) is 12.5. The highest BCUT2D eigenvalue weighted by Crippen LogP contribution is 2.17. The third-order valence-electron chi connectivity index (χ3n) is 12.5. The van der Waals surface area contributed by atoms with Crippen LogP contribution in [-0.4, -0.2) is 46.1 Å². The van der Waals surface area contributed by atoms with Gasteiger partial charge in [0.1, 0.15) is 6.10 Å². The second kappa shape index (κ2) is 49.5. The van der Waals surface area contributed by atoms with E-state index in [-0.39, 0.29) is 12.5 Å². The Kier molecular flexibility index (Phi) is 48.5. The number of aliphatic hydroxyl groups excluding tert-OH is 3. The number of hydrogen-bond acceptors (Lipinski definition) is 4. The van der Waals surface area contributed by atoms with Gasteiger partial charge in [-0.15, -0.1) is 0 Å². The van der Waals surface area contributed by atoms with Crippen molar-refractivity contribution in [3.05, 3.63) is 24.3 Å². The highest BCUT2D eigenvalue weighted by molar-refractivity contribution is 5.76. The van der Waals surface area contributed by atoms with E-state index in [0.717, 1.165) is 38.5 Å². The molecular formula is C54H105NO4. The summed E-state index contributed by atoms with van der Waals surface area (Å²) in [5.74, 6) is -0.151. The van der Waals surface area contributed by atoms with Crippen molar-refractivity contribution < 1.29 is 20.1 Å². The normalized spacial score (nSPS) is 13.5. The molecule has 5 heteroatoms. The quantitative estimate of drug-likeness (QED) is 0.0363. The van der Waals surface area contributed by atoms with Gasteiger partial charge in [-0.05, 0) is 64.2 Å². The smallest absolute Gasteiger partial charge is 0.220 e. The lowest BCUT2D eigenvalue weighted by atomic mass is 10.0. The number of carbonyl (C=O) groups excluding carboxylic acids is 1. The maximum Gasteiger partial charge on any atom is 0.220 e. The minimum absolute atomic E-state index is 0.151. The van der Waals surface area contributed by atoms with Crippen LogP contribution in [0.3, 0.4) is 0 Å². The molecule has 0 spiro atoms. The molecule has 4 N–H and O–H groups in total. The number of hydrogen-bond donors (Lipinski definition) is 4. The van der Waals surface area contributed by atoms with Gasteiger partial charge in [0, 0.05) is 6.42 Å². The molecule has 0 radical (unpaired) electrons. The molecule has 0 aliphatic heterocycles. The minimum atomic E-state index is -1.16. The molecule has 0 saturated heterocycles. The number of unbranched alkanes of at least 4 members (excludes halogenated alkanes) is 37. The van der Waals surface area contributed by atoms with Crippen LogP contribution in [0.1, 0.15) is 290 Å². The summed E-state index contributed by atoms with van der Waals surface area (Å²) >= 11 is 0. The fourth-order valence-corrected chi connectivity index (χ4v) is 8.40. The molecule has 1 amide bonds. The zero-order valence-electron chi connectivity index (χ0n) is 39.9. The Morgan fingerprint density at radius 1 is 0.407 bits per heavy atom. The molecule has 0 aliphatic carbocycles. The Morgan fingerprint density at radius 2 is 0.678 bits per heavy atom. The molecule has 3 atom stereocenters. The van der Waals surface area contributed by atoms with Crippen molar-refractivity contribution in [2.75, 3.05) is 6.61 Å². The average molecular weight is 832 g/mol. The summed E-state index contributed by atoms with van der Waals surface area (Å²) in [6, 6.07) is -0.825. The second-order valence-corrected chi connectivity index (χ2v) is 18.4. The van der Waals surface area contributed by atoms with Gasteiger partial charge in [-0.2, -0.15) is 0 Å². The Labute approximate surface area is 369 Å². The van der Waals surface area contributed by atoms with E-state index in [2.05, 4.69) is 43.5 Å². The molecule has 0 aliphatic rings. The summed E-state index contributed by atoms with van der Waals surface area (Å²) in [7, 11) is 0. The van der Waals surface area contributed by atoms with E-state index in [1.807, 2.05) is 0 Å². The van der Waals surface area contributed by atoms with Crippen LogP contribution in [0.5, 0.6) is 0 Å². The maximum absolute atomic E-state index is 12.5. The van der Waals surface area contributed by atoms with Gasteiger partial charge in [-0.1, -0.05) is 244 Å². The van der Waals surface area contributed by atoms with Crippen molar-refractivity contribution in [2.24, 2.45) is 0 Å². The zero-order chi connectivity index (χ0) is 43.0. The summed E-state index contributed by atoms with van der Waals surface area (Å²) in [6.45, 7) is 4.20. The first-order valence-corrected chi connectivity index (χ1v) is 26.6. The van der Waals surface area contributed by atoms with Gasteiger partial charge in [-0.3, -0.25) is 4.79 Å². The van der Waals surface area contributed by atoms with Gasteiger partial charge >= 0.3 is 0 Å². The third kappa shape index (κ3) is 44.7. The molecule has 59 heavy (non-hydrogen) atoms. The molecule has 0 saturated carbocycles. The molecule has 0 aromatic heterocycles. The largest absolute Gasteiger partial charge is 0.394 e. The summed E-state index contributed by atoms with van der Waals surface area (Å²) in [5.41, 5.74) is 0. The number of nitrogens with one attached hydrogen (secondary N) is 1. The number of rotatable bonds is 49. The number of aliphatic hydroxyl groups is 3. The third-order valence-corrected chi connectivity index (χ3v) is 12.5. The van der Waals surface area contributed by atoms with Crippen LogP contribution in [0.15, 0.2) is 24.3 Å². The SMILES string of the molecule is CCCCCCCCCCCCCC/C=C\CCCCCCCCCCCCCC(=O)NC(CO)C(O)C(O)CCC/C=C/CCCCCCCCCCCCCCC. The summed E-state index contributed by atoms with van der Waals surface area (Å²) in [6.07, 6.45) is 61.8. The molecule has 350 valence electrons. The van der Waals surface area contributed by atoms with Crippen molar-refractivity contribution in [1.29, 1.82) is 0 Å². The van der Waals surface area contributed by atoms with Crippen molar-refractivity contribution in [2.45, 2.75) is 308 Å². The lowest BCUT2D eigenvalue weighted by Gasteiger charge is -2.26. The van der Waals surface area contributed by atoms with Crippen LogP contribution in [0.2, 0.25) is 0 Å². The molecule has 0 bridgehead atoms. The fourth-order valence-electron chi connectivity index (χ4n) is 8.40. The molecule has 0 fully saturated rings. The highest BCUT2D eigenvalue weighted by Gasteiger charge is 2.26. The van der Waals surface area contributed by atoms with Crippen molar-refractivity contribution in [3.8, 4) is 0 Å². The first kappa shape index (κ1) is 57.8. The maximum atomic E-state index is 12.5. The average Bonchev–Trinajstić information content (AvgIpc) is 3.24. The molecule has 5 nitrogen and oxygen atoms in total. The van der Waals surface area contributed by atoms with Crippen LogP contribution in [0.4, 0.5) is 0 Å². The van der Waals surface area contributed by atoms with E-state index < -0.39 is 18.2 Å². The first-order chi connectivity index (χ1) is 29.1. The minimum Gasteiger partial charge on any atom is -0.394 e. The Morgan fingerprint density at radius 3 is 0.983 bits per heavy atom. The lowest BCUT2D eigenvalue weighted by molar-refractivity contribution is -0.124. The Hall–Kier alpha value is -1.17. The van der Waals surface area contributed by atoms with Gasteiger partial charge in [0.25, 0.3) is 0 Å². The topological polar surface area (TPSA) is 89.8 Å². The van der Waals surface area contributed by atoms with E-state index in [1.54, 1.807) is 0 Å². The van der Waals surface area contributed by atoms with Crippen molar-refractivity contribution in [3.63, 3.8) is 0 Å². The lowest BCUT2D eigenvalue weighted by Crippen LogP contribution is -2.50. The molecule has 0 rings (SSSR count). The van der Waals surface area contributed by atoms with E-state index in [1.165, 1.54) is 225 Å². The summed E-state index contributed by atoms with van der Waals surface area (Å²) < 4.78 is 0. The predicted octanol–water partition coefficient (Wildman–Crippen LogP) is 16.1. The zero-order valence-corrected chi connectivity index (χ0v) is 39.9. The molecule has 0 aromatic rings. The van der Waals surface area contributed by atoms with E-state index in [4.69, 9.17) is 0 Å². The van der Waals surface area contributed by atoms with E-state index >= 15 is 0 Å².